The minimum absolute atomic E-state index is 0.0778. The van der Waals surface area contributed by atoms with Gasteiger partial charge in [-0.15, -0.1) is 0 Å². The van der Waals surface area contributed by atoms with E-state index in [2.05, 4.69) is 12.0 Å². The van der Waals surface area contributed by atoms with Gasteiger partial charge in [0, 0.05) is 12.7 Å². The number of hydrogen-bond acceptors (Lipinski definition) is 3. The van der Waals surface area contributed by atoms with Gasteiger partial charge >= 0.3 is 0 Å². The van der Waals surface area contributed by atoms with Crippen molar-refractivity contribution in [1.29, 1.82) is 0 Å². The highest BCUT2D eigenvalue weighted by molar-refractivity contribution is 7.89. The molecule has 0 saturated heterocycles. The van der Waals surface area contributed by atoms with E-state index in [4.69, 9.17) is 5.14 Å². The van der Waals surface area contributed by atoms with E-state index in [0.29, 0.717) is 0 Å². The van der Waals surface area contributed by atoms with Crippen molar-refractivity contribution in [2.45, 2.75) is 37.6 Å². The summed E-state index contributed by atoms with van der Waals surface area (Å²) in [5.74, 6) is 0. The van der Waals surface area contributed by atoms with Gasteiger partial charge in [-0.05, 0) is 6.42 Å². The molecule has 1 rings (SSSR count). The lowest BCUT2D eigenvalue weighted by molar-refractivity contribution is 0.552. The zero-order chi connectivity index (χ0) is 10.6. The Hall–Kier alpha value is -0.880. The molecule has 0 aliphatic heterocycles. The fourth-order valence-corrected chi connectivity index (χ4v) is 1.60. The van der Waals surface area contributed by atoms with Gasteiger partial charge in [0.2, 0.25) is 10.0 Å². The number of aromatic nitrogens is 2. The van der Waals surface area contributed by atoms with Gasteiger partial charge in [0.25, 0.3) is 0 Å². The van der Waals surface area contributed by atoms with Crippen LogP contribution in [0.5, 0.6) is 0 Å². The van der Waals surface area contributed by atoms with Crippen LogP contribution in [0.1, 0.15) is 26.2 Å². The number of sulfonamides is 1. The van der Waals surface area contributed by atoms with E-state index in [1.165, 1.54) is 12.4 Å². The van der Waals surface area contributed by atoms with Crippen molar-refractivity contribution < 1.29 is 8.42 Å². The van der Waals surface area contributed by atoms with Crippen molar-refractivity contribution in [3.05, 3.63) is 12.4 Å². The lowest BCUT2D eigenvalue weighted by Crippen LogP contribution is -2.11. The van der Waals surface area contributed by atoms with Gasteiger partial charge < -0.3 is 0 Å². The van der Waals surface area contributed by atoms with Gasteiger partial charge in [-0.3, -0.25) is 4.68 Å². The Morgan fingerprint density at radius 2 is 2.21 bits per heavy atom. The minimum Gasteiger partial charge on any atom is -0.271 e. The van der Waals surface area contributed by atoms with Crippen LogP contribution in [0.3, 0.4) is 0 Å². The van der Waals surface area contributed by atoms with Crippen LogP contribution in [0.15, 0.2) is 17.3 Å². The fourth-order valence-electron chi connectivity index (χ4n) is 1.14. The van der Waals surface area contributed by atoms with Crippen molar-refractivity contribution in [3.8, 4) is 0 Å². The number of nitrogens with two attached hydrogens (primary N) is 1. The van der Waals surface area contributed by atoms with Crippen molar-refractivity contribution >= 4 is 10.0 Å². The van der Waals surface area contributed by atoms with E-state index < -0.39 is 10.0 Å². The summed E-state index contributed by atoms with van der Waals surface area (Å²) in [5, 5.41) is 8.86. The molecule has 5 nitrogen and oxygen atoms in total. The first kappa shape index (κ1) is 11.2. The van der Waals surface area contributed by atoms with Crippen LogP contribution in [0, 0.1) is 0 Å². The maximum absolute atomic E-state index is 10.9. The maximum Gasteiger partial charge on any atom is 0.241 e. The third-order valence-electron chi connectivity index (χ3n) is 1.93. The van der Waals surface area contributed by atoms with Crippen LogP contribution in [0.25, 0.3) is 0 Å². The van der Waals surface area contributed by atoms with Crippen molar-refractivity contribution in [2.75, 3.05) is 0 Å². The predicted molar refractivity (Wildman–Crippen MR) is 53.1 cm³/mol. The molecule has 0 aromatic carbocycles. The number of primary sulfonamides is 1. The van der Waals surface area contributed by atoms with Crippen LogP contribution in [0.2, 0.25) is 0 Å². The van der Waals surface area contributed by atoms with Gasteiger partial charge in [0.15, 0.2) is 0 Å². The summed E-state index contributed by atoms with van der Waals surface area (Å²) < 4.78 is 23.4. The highest BCUT2D eigenvalue weighted by atomic mass is 32.2. The molecule has 1 heterocycles. The Labute approximate surface area is 84.0 Å². The van der Waals surface area contributed by atoms with Crippen molar-refractivity contribution in [3.63, 3.8) is 0 Å². The molecule has 0 aliphatic rings. The number of unbranched alkanes of at least 4 members (excludes halogenated alkanes) is 2. The Bertz CT molecular complexity index is 383. The van der Waals surface area contributed by atoms with E-state index in [9.17, 15) is 8.42 Å². The first-order valence-corrected chi connectivity index (χ1v) is 6.14. The lowest BCUT2D eigenvalue weighted by Gasteiger charge is -1.98. The van der Waals surface area contributed by atoms with Crippen LogP contribution >= 0.6 is 0 Å². The Morgan fingerprint density at radius 3 is 2.71 bits per heavy atom. The summed E-state index contributed by atoms with van der Waals surface area (Å²) in [6.45, 7) is 2.85. The third kappa shape index (κ3) is 3.12. The maximum atomic E-state index is 10.9. The highest BCUT2D eigenvalue weighted by Gasteiger charge is 2.09. The zero-order valence-electron chi connectivity index (χ0n) is 8.18. The molecule has 0 atom stereocenters. The summed E-state index contributed by atoms with van der Waals surface area (Å²) in [4.78, 5) is 0.0778. The standard InChI is InChI=1S/C8H15N3O2S/c1-2-3-4-5-11-7-8(6-10-11)14(9,12)13/h6-7H,2-5H2,1H3,(H2,9,12,13). The van der Waals surface area contributed by atoms with E-state index in [1.54, 1.807) is 4.68 Å². The zero-order valence-corrected chi connectivity index (χ0v) is 9.00. The lowest BCUT2D eigenvalue weighted by atomic mass is 10.2. The van der Waals surface area contributed by atoms with Gasteiger partial charge in [0.1, 0.15) is 4.90 Å². The smallest absolute Gasteiger partial charge is 0.241 e. The second-order valence-electron chi connectivity index (χ2n) is 3.19. The molecule has 2 N–H and O–H groups in total. The average molecular weight is 217 g/mol. The van der Waals surface area contributed by atoms with E-state index >= 15 is 0 Å². The summed E-state index contributed by atoms with van der Waals surface area (Å²) >= 11 is 0. The highest BCUT2D eigenvalue weighted by Crippen LogP contribution is 2.05. The summed E-state index contributed by atoms with van der Waals surface area (Å²) in [5.41, 5.74) is 0. The minimum atomic E-state index is -3.60. The van der Waals surface area contributed by atoms with Gasteiger partial charge in [-0.25, -0.2) is 13.6 Å². The van der Waals surface area contributed by atoms with Gasteiger partial charge in [-0.1, -0.05) is 19.8 Å². The Kier molecular flexibility index (Phi) is 3.65. The van der Waals surface area contributed by atoms with E-state index in [1.807, 2.05) is 0 Å². The molecule has 0 amide bonds. The predicted octanol–water partition coefficient (Wildman–Crippen LogP) is 0.721. The molecule has 14 heavy (non-hydrogen) atoms. The molecule has 0 fully saturated rings. The summed E-state index contributed by atoms with van der Waals surface area (Å²) in [7, 11) is -3.60. The van der Waals surface area contributed by atoms with Crippen LogP contribution in [-0.2, 0) is 16.6 Å². The van der Waals surface area contributed by atoms with Gasteiger partial charge in [0.05, 0.1) is 6.20 Å². The van der Waals surface area contributed by atoms with Gasteiger partial charge in [-0.2, -0.15) is 5.10 Å². The SMILES string of the molecule is CCCCCn1cc(S(N)(=O)=O)cn1. The summed E-state index contributed by atoms with van der Waals surface area (Å²) in [6.07, 6.45) is 5.99. The number of rotatable bonds is 5. The normalized spacial score (nSPS) is 11.9. The largest absolute Gasteiger partial charge is 0.271 e. The molecule has 0 aliphatic carbocycles. The Balaban J connectivity index is 2.60. The number of aryl methyl sites for hydroxylation is 1. The first-order valence-electron chi connectivity index (χ1n) is 4.59. The molecule has 0 bridgehead atoms. The van der Waals surface area contributed by atoms with E-state index in [-0.39, 0.29) is 4.90 Å². The second-order valence-corrected chi connectivity index (χ2v) is 4.75. The molecule has 0 saturated carbocycles. The van der Waals surface area contributed by atoms with Crippen molar-refractivity contribution in [2.24, 2.45) is 5.14 Å². The van der Waals surface area contributed by atoms with E-state index in [0.717, 1.165) is 25.8 Å². The third-order valence-corrected chi connectivity index (χ3v) is 2.80. The molecular formula is C8H15N3O2S. The topological polar surface area (TPSA) is 78.0 Å². The molecule has 1 aromatic heterocycles. The van der Waals surface area contributed by atoms with Crippen LogP contribution in [0.4, 0.5) is 0 Å². The first-order chi connectivity index (χ1) is 6.54. The van der Waals surface area contributed by atoms with Crippen LogP contribution < -0.4 is 5.14 Å². The number of nitrogens with zero attached hydrogens (tertiary/aromatic N) is 2. The summed E-state index contributed by atoms with van der Waals surface area (Å²) in [6, 6.07) is 0. The second kappa shape index (κ2) is 4.56. The van der Waals surface area contributed by atoms with Crippen LogP contribution in [-0.4, -0.2) is 18.2 Å². The van der Waals surface area contributed by atoms with Crippen molar-refractivity contribution in [1.82, 2.24) is 9.78 Å². The molecular weight excluding hydrogens is 202 g/mol. The molecule has 0 unspecified atom stereocenters. The molecule has 6 heteroatoms. The fraction of sp³-hybridized carbons (Fsp3) is 0.625. The molecule has 80 valence electrons. The molecule has 1 aromatic rings. The average Bonchev–Trinajstić information content (AvgIpc) is 2.52. The quantitative estimate of drug-likeness (QED) is 0.738. The molecule has 0 radical (unpaired) electrons. The molecule has 0 spiro atoms. The monoisotopic (exact) mass is 217 g/mol. The number of hydrogen-bond donors (Lipinski definition) is 1. The Morgan fingerprint density at radius 1 is 1.50 bits per heavy atom.